The van der Waals surface area contributed by atoms with Crippen molar-refractivity contribution in [3.05, 3.63) is 60.1 Å². The molecule has 0 saturated carbocycles. The lowest BCUT2D eigenvalue weighted by molar-refractivity contribution is 0.332. The third-order valence-corrected chi connectivity index (χ3v) is 4.68. The van der Waals surface area contributed by atoms with E-state index in [2.05, 4.69) is 5.16 Å². The lowest BCUT2D eigenvalue weighted by atomic mass is 9.99. The highest BCUT2D eigenvalue weighted by Gasteiger charge is 2.21. The first-order valence-corrected chi connectivity index (χ1v) is 8.91. The molecule has 0 aliphatic carbocycles. The minimum Gasteiger partial charge on any atom is -0.357 e. The van der Waals surface area contributed by atoms with Gasteiger partial charge in [0, 0.05) is 11.8 Å². The maximum Gasteiger partial charge on any atom is 0.178 e. The predicted octanol–water partition coefficient (Wildman–Crippen LogP) is 4.02. The van der Waals surface area contributed by atoms with Crippen molar-refractivity contribution in [3.63, 3.8) is 0 Å². The van der Waals surface area contributed by atoms with E-state index in [1.807, 2.05) is 6.07 Å². The lowest BCUT2D eigenvalue weighted by Crippen LogP contribution is -2.01. The predicted molar refractivity (Wildman–Crippen MR) is 85.3 cm³/mol. The molecule has 3 aromatic rings. The Morgan fingerprint density at radius 2 is 1.79 bits per heavy atom. The second kappa shape index (κ2) is 6.16. The third kappa shape index (κ3) is 2.94. The van der Waals surface area contributed by atoms with E-state index in [9.17, 15) is 17.2 Å². The molecular weight excluding hydrogens is 336 g/mol. The van der Waals surface area contributed by atoms with E-state index in [0.29, 0.717) is 22.4 Å². The molecule has 0 bridgehead atoms. The summed E-state index contributed by atoms with van der Waals surface area (Å²) in [6.45, 7) is -0.912. The number of hydrogen-bond acceptors (Lipinski definition) is 4. The van der Waals surface area contributed by atoms with Crippen LogP contribution in [0.15, 0.2) is 57.9 Å². The van der Waals surface area contributed by atoms with Gasteiger partial charge in [-0.15, -0.1) is 0 Å². The van der Waals surface area contributed by atoms with Gasteiger partial charge < -0.3 is 4.52 Å². The molecule has 0 aliphatic rings. The molecule has 0 spiro atoms. The lowest BCUT2D eigenvalue weighted by Gasteiger charge is -2.06. The Bertz CT molecular complexity index is 982. The van der Waals surface area contributed by atoms with Crippen molar-refractivity contribution in [3.8, 4) is 22.4 Å². The molecule has 4 nitrogen and oxygen atoms in total. The molecule has 0 radical (unpaired) electrons. The first-order chi connectivity index (χ1) is 11.4. The van der Waals surface area contributed by atoms with Gasteiger partial charge in [-0.3, -0.25) is 0 Å². The van der Waals surface area contributed by atoms with Crippen LogP contribution in [-0.2, 0) is 16.5 Å². The first-order valence-electron chi connectivity index (χ1n) is 7.01. The average Bonchev–Trinajstić information content (AvgIpc) is 2.98. The van der Waals surface area contributed by atoms with Crippen molar-refractivity contribution in [1.29, 1.82) is 0 Å². The largest absolute Gasteiger partial charge is 0.357 e. The molecule has 0 unspecified atom stereocenters. The van der Waals surface area contributed by atoms with Crippen LogP contribution in [0, 0.1) is 5.82 Å². The molecule has 3 rings (SSSR count). The number of aromatic nitrogens is 1. The van der Waals surface area contributed by atoms with Crippen LogP contribution in [0.25, 0.3) is 22.4 Å². The van der Waals surface area contributed by atoms with Gasteiger partial charge in [0.05, 0.1) is 5.56 Å². The topological polar surface area (TPSA) is 60.2 Å². The first kappa shape index (κ1) is 16.3. The van der Waals surface area contributed by atoms with Crippen LogP contribution in [0.4, 0.5) is 8.78 Å². The fourth-order valence-electron chi connectivity index (χ4n) is 2.46. The van der Waals surface area contributed by atoms with E-state index >= 15 is 0 Å². The number of nitrogens with zero attached hydrogens (tertiary/aromatic N) is 1. The number of alkyl halides is 1. The Morgan fingerprint density at radius 1 is 1.08 bits per heavy atom. The van der Waals surface area contributed by atoms with Crippen molar-refractivity contribution < 1.29 is 21.7 Å². The molecule has 0 fully saturated rings. The SMILES string of the molecule is CS(=O)(=O)c1ccc(-c2c(-c3ccccc3)noc2CF)cc1F. The Balaban J connectivity index is 2.20. The molecule has 1 heterocycles. The molecule has 2 aromatic carbocycles. The Labute approximate surface area is 137 Å². The smallest absolute Gasteiger partial charge is 0.178 e. The van der Waals surface area contributed by atoms with Gasteiger partial charge >= 0.3 is 0 Å². The highest BCUT2D eigenvalue weighted by molar-refractivity contribution is 7.90. The number of halogens is 2. The second-order valence-electron chi connectivity index (χ2n) is 5.25. The highest BCUT2D eigenvalue weighted by Crippen LogP contribution is 2.36. The standard InChI is InChI=1S/C17H13F2NO3S/c1-24(21,22)15-8-7-12(9-13(15)19)16-14(10-18)23-20-17(16)11-5-3-2-4-6-11/h2-9H,10H2,1H3. The summed E-state index contributed by atoms with van der Waals surface area (Å²) in [5.41, 5.74) is 1.66. The van der Waals surface area contributed by atoms with E-state index in [4.69, 9.17) is 4.52 Å². The fourth-order valence-corrected chi connectivity index (χ4v) is 3.19. The van der Waals surface area contributed by atoms with E-state index in [1.54, 1.807) is 24.3 Å². The zero-order valence-corrected chi connectivity index (χ0v) is 13.5. The van der Waals surface area contributed by atoms with Gasteiger partial charge in [0.2, 0.25) is 0 Å². The van der Waals surface area contributed by atoms with Crippen LogP contribution in [0.5, 0.6) is 0 Å². The molecule has 0 aliphatic heterocycles. The van der Waals surface area contributed by atoms with Crippen molar-refractivity contribution in [2.24, 2.45) is 0 Å². The van der Waals surface area contributed by atoms with Gasteiger partial charge in [0.1, 0.15) is 16.4 Å². The van der Waals surface area contributed by atoms with Crippen molar-refractivity contribution in [2.45, 2.75) is 11.6 Å². The number of sulfone groups is 1. The van der Waals surface area contributed by atoms with Crippen LogP contribution in [0.3, 0.4) is 0 Å². The summed E-state index contributed by atoms with van der Waals surface area (Å²) >= 11 is 0. The molecule has 0 atom stereocenters. The molecule has 24 heavy (non-hydrogen) atoms. The van der Waals surface area contributed by atoms with E-state index in [-0.39, 0.29) is 5.76 Å². The molecule has 0 amide bonds. The minimum atomic E-state index is -3.69. The summed E-state index contributed by atoms with van der Waals surface area (Å²) in [6.07, 6.45) is 0.923. The summed E-state index contributed by atoms with van der Waals surface area (Å²) in [5, 5.41) is 3.88. The summed E-state index contributed by atoms with van der Waals surface area (Å²) < 4.78 is 55.5. The van der Waals surface area contributed by atoms with E-state index < -0.39 is 27.2 Å². The third-order valence-electron chi connectivity index (χ3n) is 3.55. The van der Waals surface area contributed by atoms with Crippen LogP contribution < -0.4 is 0 Å². The summed E-state index contributed by atoms with van der Waals surface area (Å²) in [6, 6.07) is 12.6. The number of benzene rings is 2. The van der Waals surface area contributed by atoms with Gasteiger partial charge in [-0.25, -0.2) is 17.2 Å². The van der Waals surface area contributed by atoms with Crippen LogP contribution in [-0.4, -0.2) is 19.8 Å². The van der Waals surface area contributed by atoms with E-state index in [0.717, 1.165) is 18.4 Å². The maximum absolute atomic E-state index is 14.2. The normalized spacial score (nSPS) is 11.6. The minimum absolute atomic E-state index is 0.0413. The summed E-state index contributed by atoms with van der Waals surface area (Å²) in [5.74, 6) is -0.944. The number of hydrogen-bond donors (Lipinski definition) is 0. The summed E-state index contributed by atoms with van der Waals surface area (Å²) in [7, 11) is -3.69. The van der Waals surface area contributed by atoms with Crippen molar-refractivity contribution in [2.75, 3.05) is 6.26 Å². The van der Waals surface area contributed by atoms with E-state index in [1.165, 1.54) is 6.07 Å². The quantitative estimate of drug-likeness (QED) is 0.714. The fraction of sp³-hybridized carbons (Fsp3) is 0.118. The highest BCUT2D eigenvalue weighted by atomic mass is 32.2. The summed E-state index contributed by atoms with van der Waals surface area (Å²) in [4.78, 5) is -0.411. The zero-order chi connectivity index (χ0) is 17.3. The molecule has 0 N–H and O–H groups in total. The Hall–Kier alpha value is -2.54. The van der Waals surface area contributed by atoms with Gasteiger partial charge in [0.25, 0.3) is 0 Å². The monoisotopic (exact) mass is 349 g/mol. The Morgan fingerprint density at radius 3 is 2.38 bits per heavy atom. The Kier molecular flexibility index (Phi) is 4.19. The molecule has 0 saturated heterocycles. The maximum atomic E-state index is 14.2. The molecule has 7 heteroatoms. The number of rotatable bonds is 4. The van der Waals surface area contributed by atoms with Crippen molar-refractivity contribution in [1.82, 2.24) is 5.16 Å². The van der Waals surface area contributed by atoms with Gasteiger partial charge in [0.15, 0.2) is 22.3 Å². The molecule has 1 aromatic heterocycles. The molecule has 124 valence electrons. The van der Waals surface area contributed by atoms with Gasteiger partial charge in [-0.1, -0.05) is 41.6 Å². The van der Waals surface area contributed by atoms with Crippen molar-refractivity contribution >= 4 is 9.84 Å². The van der Waals surface area contributed by atoms with Crippen LogP contribution in [0.2, 0.25) is 0 Å². The zero-order valence-electron chi connectivity index (χ0n) is 12.7. The van der Waals surface area contributed by atoms with Crippen LogP contribution >= 0.6 is 0 Å². The van der Waals surface area contributed by atoms with Gasteiger partial charge in [-0.2, -0.15) is 0 Å². The second-order valence-corrected chi connectivity index (χ2v) is 7.23. The van der Waals surface area contributed by atoms with Gasteiger partial charge in [-0.05, 0) is 17.7 Å². The van der Waals surface area contributed by atoms with Crippen LogP contribution in [0.1, 0.15) is 5.76 Å². The molecular formula is C17H13F2NO3S. The average molecular weight is 349 g/mol.